The molecule has 38 heavy (non-hydrogen) atoms. The summed E-state index contributed by atoms with van der Waals surface area (Å²) in [7, 11) is -0.960. The highest BCUT2D eigenvalue weighted by molar-refractivity contribution is 7.91. The molecule has 4 aromatic heterocycles. The van der Waals surface area contributed by atoms with E-state index in [4.69, 9.17) is 13.9 Å². The summed E-state index contributed by atoms with van der Waals surface area (Å²) in [5.41, 5.74) is 1.28. The SMILES string of the molecule is COc1cccc(OC)c1-n1c(CS(=O)(=O)[C@@H](C)[C@@H](O)c2cn3ccccc3n2)nnc1-c1ccc(C)o1. The third-order valence-corrected chi connectivity index (χ3v) is 8.39. The molecule has 0 aliphatic rings. The lowest BCUT2D eigenvalue weighted by molar-refractivity contribution is 0.171. The molecule has 0 saturated carbocycles. The van der Waals surface area contributed by atoms with Crippen molar-refractivity contribution in [3.05, 3.63) is 78.2 Å². The molecule has 0 bridgehead atoms. The number of furan rings is 1. The third-order valence-electron chi connectivity index (χ3n) is 6.34. The number of hydrogen-bond acceptors (Lipinski definition) is 9. The Labute approximate surface area is 219 Å². The molecule has 0 spiro atoms. The first kappa shape index (κ1) is 25.5. The summed E-state index contributed by atoms with van der Waals surface area (Å²) in [4.78, 5) is 4.38. The van der Waals surface area contributed by atoms with Crippen LogP contribution in [0.4, 0.5) is 0 Å². The van der Waals surface area contributed by atoms with E-state index >= 15 is 0 Å². The summed E-state index contributed by atoms with van der Waals surface area (Å²) in [5.74, 6) is 1.75. The number of fused-ring (bicyclic) bond motifs is 1. The van der Waals surface area contributed by atoms with Gasteiger partial charge in [0.1, 0.15) is 40.5 Å². The Morgan fingerprint density at radius 3 is 2.39 bits per heavy atom. The fourth-order valence-electron chi connectivity index (χ4n) is 4.26. The molecule has 2 atom stereocenters. The predicted octanol–water partition coefficient (Wildman–Crippen LogP) is 3.54. The molecule has 1 N–H and O–H groups in total. The molecule has 1 aromatic carbocycles. The Kier molecular flexibility index (Phi) is 6.67. The van der Waals surface area contributed by atoms with Gasteiger partial charge in [0, 0.05) is 12.4 Å². The van der Waals surface area contributed by atoms with Gasteiger partial charge >= 0.3 is 0 Å². The number of rotatable bonds is 9. The zero-order chi connectivity index (χ0) is 27.0. The molecular weight excluding hydrogens is 510 g/mol. The van der Waals surface area contributed by atoms with Crippen molar-refractivity contribution in [1.82, 2.24) is 24.1 Å². The molecule has 4 heterocycles. The number of nitrogens with zero attached hydrogens (tertiary/aromatic N) is 5. The van der Waals surface area contributed by atoms with Crippen LogP contribution in [0.3, 0.4) is 0 Å². The molecule has 0 aliphatic carbocycles. The maximum absolute atomic E-state index is 13.6. The van der Waals surface area contributed by atoms with Gasteiger partial charge in [0.15, 0.2) is 21.4 Å². The number of aromatic nitrogens is 5. The highest BCUT2D eigenvalue weighted by atomic mass is 32.2. The van der Waals surface area contributed by atoms with Crippen LogP contribution < -0.4 is 9.47 Å². The number of benzene rings is 1. The average molecular weight is 538 g/mol. The number of sulfone groups is 1. The quantitative estimate of drug-likeness (QED) is 0.300. The Morgan fingerprint density at radius 1 is 1.03 bits per heavy atom. The normalized spacial score (nSPS) is 13.5. The Morgan fingerprint density at radius 2 is 1.76 bits per heavy atom. The number of imidazole rings is 1. The van der Waals surface area contributed by atoms with Gasteiger partial charge in [0.25, 0.3) is 0 Å². The van der Waals surface area contributed by atoms with Gasteiger partial charge in [-0.15, -0.1) is 10.2 Å². The van der Waals surface area contributed by atoms with Crippen molar-refractivity contribution in [3.8, 4) is 28.8 Å². The number of methoxy groups -OCH3 is 2. The first-order valence-electron chi connectivity index (χ1n) is 11.8. The smallest absolute Gasteiger partial charge is 0.204 e. The van der Waals surface area contributed by atoms with Crippen molar-refractivity contribution in [2.75, 3.05) is 14.2 Å². The van der Waals surface area contributed by atoms with Gasteiger partial charge in [-0.2, -0.15) is 0 Å². The van der Waals surface area contributed by atoms with E-state index in [9.17, 15) is 13.5 Å². The van der Waals surface area contributed by atoms with Crippen molar-refractivity contribution in [3.63, 3.8) is 0 Å². The molecule has 5 aromatic rings. The molecule has 0 radical (unpaired) electrons. The summed E-state index contributed by atoms with van der Waals surface area (Å²) in [6.07, 6.45) is 2.04. The van der Waals surface area contributed by atoms with E-state index in [1.807, 2.05) is 12.1 Å². The van der Waals surface area contributed by atoms with Crippen LogP contribution in [-0.4, -0.2) is 57.1 Å². The lowest BCUT2D eigenvalue weighted by atomic mass is 10.2. The van der Waals surface area contributed by atoms with Crippen LogP contribution in [0, 0.1) is 6.92 Å². The van der Waals surface area contributed by atoms with Crippen molar-refractivity contribution < 1.29 is 27.4 Å². The van der Waals surface area contributed by atoms with Gasteiger partial charge in [0.2, 0.25) is 5.82 Å². The van der Waals surface area contributed by atoms with E-state index in [1.54, 1.807) is 64.7 Å². The summed E-state index contributed by atoms with van der Waals surface area (Å²) in [6, 6.07) is 14.1. The van der Waals surface area contributed by atoms with Gasteiger partial charge < -0.3 is 23.4 Å². The lowest BCUT2D eigenvalue weighted by Gasteiger charge is -2.19. The number of aryl methyl sites for hydroxylation is 1. The summed E-state index contributed by atoms with van der Waals surface area (Å²) in [5, 5.41) is 18.3. The van der Waals surface area contributed by atoms with Crippen molar-refractivity contribution in [2.45, 2.75) is 31.0 Å². The molecule has 0 amide bonds. The van der Waals surface area contributed by atoms with Crippen molar-refractivity contribution >= 4 is 15.5 Å². The fraction of sp³-hybridized carbons (Fsp3) is 0.269. The number of aliphatic hydroxyl groups excluding tert-OH is 1. The average Bonchev–Trinajstić information content (AvgIpc) is 3.65. The number of aliphatic hydroxyl groups is 1. The maximum atomic E-state index is 13.6. The molecule has 0 unspecified atom stereocenters. The van der Waals surface area contributed by atoms with Crippen LogP contribution in [0.25, 0.3) is 22.9 Å². The van der Waals surface area contributed by atoms with E-state index in [0.29, 0.717) is 34.4 Å². The van der Waals surface area contributed by atoms with Crippen molar-refractivity contribution in [2.24, 2.45) is 0 Å². The van der Waals surface area contributed by atoms with E-state index in [-0.39, 0.29) is 17.3 Å². The largest absolute Gasteiger partial charge is 0.494 e. The van der Waals surface area contributed by atoms with Gasteiger partial charge in [-0.05, 0) is 50.2 Å². The fourth-order valence-corrected chi connectivity index (χ4v) is 5.60. The van der Waals surface area contributed by atoms with E-state index in [1.165, 1.54) is 21.1 Å². The Hall–Kier alpha value is -4.16. The molecule has 0 saturated heterocycles. The van der Waals surface area contributed by atoms with E-state index in [0.717, 1.165) is 0 Å². The van der Waals surface area contributed by atoms with Crippen LogP contribution in [0.1, 0.15) is 30.3 Å². The molecule has 12 heteroatoms. The molecular formula is C26H27N5O6S. The Balaban J connectivity index is 1.58. The molecule has 0 aliphatic heterocycles. The summed E-state index contributed by atoms with van der Waals surface area (Å²) in [6.45, 7) is 3.24. The minimum absolute atomic E-state index is 0.103. The number of para-hydroxylation sites is 1. The highest BCUT2D eigenvalue weighted by Crippen LogP contribution is 2.37. The minimum atomic E-state index is -3.97. The first-order chi connectivity index (χ1) is 18.2. The second kappa shape index (κ2) is 9.95. The number of ether oxygens (including phenoxy) is 2. The monoisotopic (exact) mass is 537 g/mol. The van der Waals surface area contributed by atoms with Gasteiger partial charge in [-0.3, -0.25) is 4.57 Å². The van der Waals surface area contributed by atoms with Gasteiger partial charge in [-0.1, -0.05) is 12.1 Å². The Bertz CT molecular complexity index is 1650. The second-order valence-corrected chi connectivity index (χ2v) is 11.1. The van der Waals surface area contributed by atoms with Crippen LogP contribution in [0.15, 0.2) is 65.3 Å². The first-order valence-corrected chi connectivity index (χ1v) is 13.5. The summed E-state index contributed by atoms with van der Waals surface area (Å²) >= 11 is 0. The topological polar surface area (TPSA) is 134 Å². The molecule has 11 nitrogen and oxygen atoms in total. The number of pyridine rings is 1. The van der Waals surface area contributed by atoms with Crippen LogP contribution >= 0.6 is 0 Å². The van der Waals surface area contributed by atoms with Crippen LogP contribution in [0.2, 0.25) is 0 Å². The predicted molar refractivity (Wildman–Crippen MR) is 139 cm³/mol. The van der Waals surface area contributed by atoms with E-state index < -0.39 is 26.9 Å². The molecule has 5 rings (SSSR count). The van der Waals surface area contributed by atoms with Gasteiger partial charge in [-0.25, -0.2) is 13.4 Å². The van der Waals surface area contributed by atoms with Crippen LogP contribution in [-0.2, 0) is 15.6 Å². The highest BCUT2D eigenvalue weighted by Gasteiger charge is 2.34. The number of hydrogen-bond donors (Lipinski definition) is 1. The standard InChI is InChI=1S/C26H27N5O6S/c1-16-11-12-21(37-16)26-29-28-23(31(26)24-19(35-3)8-7-9-20(24)36-4)15-38(33,34)17(2)25(32)18-14-30-13-6-5-10-22(30)27-18/h5-14,17,25,32H,15H2,1-4H3/t17-,25+/m0/s1. The second-order valence-electron chi connectivity index (χ2n) is 8.79. The molecule has 198 valence electrons. The minimum Gasteiger partial charge on any atom is -0.494 e. The summed E-state index contributed by atoms with van der Waals surface area (Å²) < 4.78 is 47.4. The van der Waals surface area contributed by atoms with Crippen LogP contribution in [0.5, 0.6) is 11.5 Å². The lowest BCUT2D eigenvalue weighted by Crippen LogP contribution is -2.28. The van der Waals surface area contributed by atoms with Crippen molar-refractivity contribution in [1.29, 1.82) is 0 Å². The maximum Gasteiger partial charge on any atom is 0.204 e. The zero-order valence-electron chi connectivity index (χ0n) is 21.3. The molecule has 0 fully saturated rings. The van der Waals surface area contributed by atoms with Gasteiger partial charge in [0.05, 0.1) is 25.2 Å². The van der Waals surface area contributed by atoms with E-state index in [2.05, 4.69) is 15.2 Å². The zero-order valence-corrected chi connectivity index (χ0v) is 22.1. The third kappa shape index (κ3) is 4.52.